The van der Waals surface area contributed by atoms with Gasteiger partial charge in [-0.3, -0.25) is 4.79 Å². The van der Waals surface area contributed by atoms with E-state index in [0.29, 0.717) is 0 Å². The van der Waals surface area contributed by atoms with Gasteiger partial charge in [0.1, 0.15) is 0 Å². The van der Waals surface area contributed by atoms with Gasteiger partial charge in [-0.2, -0.15) is 0 Å². The molecule has 0 spiro atoms. The van der Waals surface area contributed by atoms with E-state index in [2.05, 4.69) is 29.2 Å². The quantitative estimate of drug-likeness (QED) is 0.404. The minimum atomic E-state index is -0.588. The minimum Gasteiger partial charge on any atom is -0.469 e. The molecule has 0 aromatic heterocycles. The predicted octanol–water partition coefficient (Wildman–Crippen LogP) is 1.64. The average Bonchev–Trinajstić information content (AvgIpc) is 2.27. The van der Waals surface area contributed by atoms with Crippen molar-refractivity contribution in [3.05, 3.63) is 37.5 Å². The van der Waals surface area contributed by atoms with Crippen LogP contribution in [0.25, 0.3) is 0 Å². The molecule has 0 aromatic carbocycles. The highest BCUT2D eigenvalue weighted by Gasteiger charge is 2.11. The van der Waals surface area contributed by atoms with Crippen LogP contribution in [-0.4, -0.2) is 26.2 Å². The molecule has 0 heterocycles. The molecule has 0 atom stereocenters. The van der Waals surface area contributed by atoms with Crippen molar-refractivity contribution in [2.75, 3.05) is 14.2 Å². The Hall–Kier alpha value is -1.84. The highest BCUT2D eigenvalue weighted by molar-refractivity contribution is 5.93. The van der Waals surface area contributed by atoms with Crippen molar-refractivity contribution in [3.63, 3.8) is 0 Å². The molecule has 0 fully saturated rings. The molecule has 0 saturated carbocycles. The molecule has 15 heavy (non-hydrogen) atoms. The molecule has 0 N–H and O–H groups in total. The maximum atomic E-state index is 10.6. The second kappa shape index (κ2) is 10.2. The first-order valence-corrected chi connectivity index (χ1v) is 4.09. The normalized spacial score (nSPS) is 7.60. The van der Waals surface area contributed by atoms with Crippen LogP contribution in [0.5, 0.6) is 0 Å². The Labute approximate surface area is 89.9 Å². The van der Waals surface area contributed by atoms with E-state index < -0.39 is 11.9 Å². The van der Waals surface area contributed by atoms with Crippen LogP contribution in [0, 0.1) is 0 Å². The molecule has 0 unspecified atom stereocenters. The molecule has 84 valence electrons. The molecule has 0 aliphatic carbocycles. The van der Waals surface area contributed by atoms with Crippen LogP contribution in [0.15, 0.2) is 37.5 Å². The molecule has 0 bridgehead atoms. The molecular weight excluding hydrogens is 196 g/mol. The third-order valence-electron chi connectivity index (χ3n) is 1.23. The van der Waals surface area contributed by atoms with Gasteiger partial charge >= 0.3 is 11.9 Å². The van der Waals surface area contributed by atoms with Crippen molar-refractivity contribution in [1.29, 1.82) is 0 Å². The zero-order chi connectivity index (χ0) is 12.3. The van der Waals surface area contributed by atoms with E-state index in [1.807, 2.05) is 0 Å². The first kappa shape index (κ1) is 15.6. The molecule has 0 rings (SSSR count). The fourth-order valence-electron chi connectivity index (χ4n) is 0.463. The summed E-state index contributed by atoms with van der Waals surface area (Å²) < 4.78 is 8.62. The van der Waals surface area contributed by atoms with Crippen molar-refractivity contribution in [2.24, 2.45) is 0 Å². The summed E-state index contributed by atoms with van der Waals surface area (Å²) in [4.78, 5) is 21.2. The van der Waals surface area contributed by atoms with E-state index in [9.17, 15) is 9.59 Å². The van der Waals surface area contributed by atoms with Crippen LogP contribution in [0.4, 0.5) is 0 Å². The number of hydrogen-bond acceptors (Lipinski definition) is 4. The average molecular weight is 212 g/mol. The molecule has 0 aromatic rings. The van der Waals surface area contributed by atoms with Crippen LogP contribution in [0.3, 0.4) is 0 Å². The van der Waals surface area contributed by atoms with Gasteiger partial charge in [0, 0.05) is 5.57 Å². The molecule has 0 aliphatic rings. The summed E-state index contributed by atoms with van der Waals surface area (Å²) in [5, 5.41) is 0. The van der Waals surface area contributed by atoms with Gasteiger partial charge in [0.15, 0.2) is 0 Å². The SMILES string of the molecule is C=C(CC(=O)OC)C(=O)OC.C=CC=C. The second-order valence-corrected chi connectivity index (χ2v) is 2.32. The Morgan fingerprint density at radius 3 is 1.87 bits per heavy atom. The summed E-state index contributed by atoms with van der Waals surface area (Å²) in [5.41, 5.74) is 0.0966. The van der Waals surface area contributed by atoms with Gasteiger partial charge in [0.05, 0.1) is 20.6 Å². The third kappa shape index (κ3) is 10.1. The Kier molecular flexibility index (Phi) is 10.7. The first-order valence-electron chi connectivity index (χ1n) is 4.09. The van der Waals surface area contributed by atoms with E-state index in [1.165, 1.54) is 14.2 Å². The van der Waals surface area contributed by atoms with Gasteiger partial charge in [-0.1, -0.05) is 31.9 Å². The van der Waals surface area contributed by atoms with Crippen molar-refractivity contribution in [2.45, 2.75) is 6.42 Å². The summed E-state index contributed by atoms with van der Waals surface area (Å²) in [6, 6.07) is 0. The van der Waals surface area contributed by atoms with E-state index in [1.54, 1.807) is 12.2 Å². The summed E-state index contributed by atoms with van der Waals surface area (Å²) >= 11 is 0. The van der Waals surface area contributed by atoms with E-state index in [4.69, 9.17) is 0 Å². The molecular formula is C11H16O4. The number of allylic oxidation sites excluding steroid dienone is 2. The highest BCUT2D eigenvalue weighted by atomic mass is 16.5. The molecule has 0 amide bonds. The van der Waals surface area contributed by atoms with Gasteiger partial charge in [0.25, 0.3) is 0 Å². The van der Waals surface area contributed by atoms with Crippen molar-refractivity contribution >= 4 is 11.9 Å². The molecule has 0 aliphatic heterocycles. The fourth-order valence-corrected chi connectivity index (χ4v) is 0.463. The zero-order valence-electron chi connectivity index (χ0n) is 9.12. The number of methoxy groups -OCH3 is 2. The zero-order valence-corrected chi connectivity index (χ0v) is 9.12. The van der Waals surface area contributed by atoms with Gasteiger partial charge in [-0.05, 0) is 0 Å². The number of rotatable bonds is 4. The van der Waals surface area contributed by atoms with Crippen LogP contribution < -0.4 is 0 Å². The second-order valence-electron chi connectivity index (χ2n) is 2.32. The maximum Gasteiger partial charge on any atom is 0.333 e. The Morgan fingerprint density at radius 2 is 1.60 bits per heavy atom. The summed E-state index contributed by atoms with van der Waals surface area (Å²) in [6.45, 7) is 10.1. The number of esters is 2. The Morgan fingerprint density at radius 1 is 1.13 bits per heavy atom. The van der Waals surface area contributed by atoms with Crippen LogP contribution >= 0.6 is 0 Å². The lowest BCUT2D eigenvalue weighted by atomic mass is 10.2. The monoisotopic (exact) mass is 212 g/mol. The molecule has 4 heteroatoms. The smallest absolute Gasteiger partial charge is 0.333 e. The highest BCUT2D eigenvalue weighted by Crippen LogP contribution is 2.00. The van der Waals surface area contributed by atoms with Crippen molar-refractivity contribution in [3.8, 4) is 0 Å². The number of carbonyl (C=O) groups is 2. The lowest BCUT2D eigenvalue weighted by Gasteiger charge is -2.00. The van der Waals surface area contributed by atoms with Gasteiger partial charge in [-0.15, -0.1) is 0 Å². The third-order valence-corrected chi connectivity index (χ3v) is 1.23. The first-order chi connectivity index (χ1) is 7.03. The number of ether oxygens (including phenoxy) is 2. The minimum absolute atomic E-state index is 0.0966. The van der Waals surface area contributed by atoms with Crippen LogP contribution in [0.1, 0.15) is 6.42 Å². The standard InChI is InChI=1S/C7H10O4.C4H6/c1-5(7(9)11-3)4-6(8)10-2;1-3-4-2/h1,4H2,2-3H3;3-4H,1-2H2. The molecule has 4 nitrogen and oxygen atoms in total. The summed E-state index contributed by atoms with van der Waals surface area (Å²) in [7, 11) is 2.47. The van der Waals surface area contributed by atoms with E-state index in [-0.39, 0.29) is 12.0 Å². The number of carbonyl (C=O) groups excluding carboxylic acids is 2. The van der Waals surface area contributed by atoms with E-state index in [0.717, 1.165) is 0 Å². The topological polar surface area (TPSA) is 52.6 Å². The number of hydrogen-bond donors (Lipinski definition) is 0. The lowest BCUT2D eigenvalue weighted by molar-refractivity contribution is -0.143. The Bertz CT molecular complexity index is 247. The Balaban J connectivity index is 0. The van der Waals surface area contributed by atoms with Crippen molar-refractivity contribution < 1.29 is 19.1 Å². The molecule has 0 radical (unpaired) electrons. The maximum absolute atomic E-state index is 10.6. The van der Waals surface area contributed by atoms with Crippen LogP contribution in [-0.2, 0) is 19.1 Å². The van der Waals surface area contributed by atoms with Gasteiger partial charge < -0.3 is 9.47 Å². The lowest BCUT2D eigenvalue weighted by Crippen LogP contribution is -2.09. The van der Waals surface area contributed by atoms with Crippen LogP contribution in [0.2, 0.25) is 0 Å². The largest absolute Gasteiger partial charge is 0.469 e. The van der Waals surface area contributed by atoms with E-state index >= 15 is 0 Å². The predicted molar refractivity (Wildman–Crippen MR) is 58.2 cm³/mol. The summed E-state index contributed by atoms with van der Waals surface area (Å²) in [6.07, 6.45) is 3.16. The molecule has 0 saturated heterocycles. The van der Waals surface area contributed by atoms with Gasteiger partial charge in [0.2, 0.25) is 0 Å². The van der Waals surface area contributed by atoms with Gasteiger partial charge in [-0.25, -0.2) is 4.79 Å². The fraction of sp³-hybridized carbons (Fsp3) is 0.273. The summed E-state index contributed by atoms with van der Waals surface area (Å²) in [5.74, 6) is -1.09. The van der Waals surface area contributed by atoms with Crippen molar-refractivity contribution in [1.82, 2.24) is 0 Å².